The lowest BCUT2D eigenvalue weighted by Crippen LogP contribution is -1.88. The fraction of sp³-hybridized carbons (Fsp3) is 0.0833. The molecule has 2 aromatic rings. The fourth-order valence-electron chi connectivity index (χ4n) is 1.31. The van der Waals surface area contributed by atoms with Gasteiger partial charge in [0, 0.05) is 12.4 Å². The number of imidazole rings is 1. The first-order chi connectivity index (χ1) is 8.77. The Morgan fingerprint density at radius 1 is 1.06 bits per heavy atom. The highest BCUT2D eigenvalue weighted by Crippen LogP contribution is 2.15. The third kappa shape index (κ3) is 3.18. The molecule has 0 spiro atoms. The van der Waals surface area contributed by atoms with E-state index in [1.807, 2.05) is 36.7 Å². The zero-order valence-corrected chi connectivity index (χ0v) is 10.5. The average Bonchev–Trinajstić information content (AvgIpc) is 2.64. The summed E-state index contributed by atoms with van der Waals surface area (Å²) in [6.45, 7) is 1.78. The van der Waals surface area contributed by atoms with Gasteiger partial charge >= 0.3 is 0 Å². The summed E-state index contributed by atoms with van der Waals surface area (Å²) in [5.41, 5.74) is 1.31. The number of nitrogens with zero attached hydrogens (tertiary/aromatic N) is 3. The highest BCUT2D eigenvalue weighted by Gasteiger charge is 2.03. The first-order valence-electron chi connectivity index (χ1n) is 5.35. The molecular formula is C12H12ClN5. The molecule has 92 valence electrons. The number of fused-ring (bicyclic) bond motifs is 1. The van der Waals surface area contributed by atoms with Crippen molar-refractivity contribution in [2.24, 2.45) is 0 Å². The summed E-state index contributed by atoms with van der Waals surface area (Å²) >= 11 is 5.78. The molecule has 0 fully saturated rings. The van der Waals surface area contributed by atoms with E-state index in [0.717, 1.165) is 0 Å². The van der Waals surface area contributed by atoms with Gasteiger partial charge in [-0.15, -0.1) is 0 Å². The van der Waals surface area contributed by atoms with Gasteiger partial charge in [0.2, 0.25) is 0 Å². The highest BCUT2D eigenvalue weighted by atomic mass is 35.5. The molecule has 0 atom stereocenters. The molecule has 0 aromatic carbocycles. The van der Waals surface area contributed by atoms with E-state index >= 15 is 0 Å². The van der Waals surface area contributed by atoms with Crippen LogP contribution >= 0.6 is 11.6 Å². The number of aromatic amines is 1. The molecule has 0 bridgehead atoms. The van der Waals surface area contributed by atoms with Crippen LogP contribution in [-0.4, -0.2) is 19.9 Å². The molecule has 0 saturated heterocycles. The summed E-state index contributed by atoms with van der Waals surface area (Å²) in [5.74, 6) is 0.634. The van der Waals surface area contributed by atoms with Crippen molar-refractivity contribution >= 4 is 22.8 Å². The van der Waals surface area contributed by atoms with E-state index in [4.69, 9.17) is 11.6 Å². The Labute approximate surface area is 109 Å². The molecule has 5 nitrogen and oxygen atoms in total. The van der Waals surface area contributed by atoms with Gasteiger partial charge in [0.05, 0.1) is 6.33 Å². The molecule has 2 aromatic heterocycles. The van der Waals surface area contributed by atoms with Crippen molar-refractivity contribution in [2.45, 2.75) is 6.92 Å². The van der Waals surface area contributed by atoms with E-state index in [1.165, 1.54) is 0 Å². The number of aromatic nitrogens is 4. The maximum Gasteiger partial charge on any atom is 0.182 e. The summed E-state index contributed by atoms with van der Waals surface area (Å²) in [4.78, 5) is 14.8. The third-order valence-electron chi connectivity index (χ3n) is 2.07. The predicted octanol–water partition coefficient (Wildman–Crippen LogP) is 2.49. The smallest absolute Gasteiger partial charge is 0.182 e. The van der Waals surface area contributed by atoms with Crippen LogP contribution in [-0.2, 0) is 0 Å². The SMILES string of the molecule is C1=CC=CNC=C1.Cc1nc(Cl)c2[nH]cnc2n1. The van der Waals surface area contributed by atoms with Gasteiger partial charge in [-0.05, 0) is 19.1 Å². The zero-order chi connectivity index (χ0) is 12.8. The summed E-state index contributed by atoms with van der Waals surface area (Å²) < 4.78 is 0. The molecule has 0 radical (unpaired) electrons. The van der Waals surface area contributed by atoms with Gasteiger partial charge in [0.25, 0.3) is 0 Å². The molecule has 0 amide bonds. The van der Waals surface area contributed by atoms with Crippen LogP contribution in [0.1, 0.15) is 5.82 Å². The standard InChI is InChI=1S/C6H5ClN4.C6H7N/c1-3-10-5(7)4-6(11-3)9-2-8-4;1-2-4-6-7-5-3-1/h2H,1H3,(H,8,9,10,11);1-7H. The lowest BCUT2D eigenvalue weighted by molar-refractivity contribution is 1.08. The molecule has 2 N–H and O–H groups in total. The Balaban J connectivity index is 0.000000149. The number of rotatable bonds is 0. The van der Waals surface area contributed by atoms with Crippen LogP contribution in [0.5, 0.6) is 0 Å². The third-order valence-corrected chi connectivity index (χ3v) is 2.35. The Morgan fingerprint density at radius 3 is 2.50 bits per heavy atom. The number of allylic oxidation sites excluding steroid dienone is 4. The quantitative estimate of drug-likeness (QED) is 0.715. The summed E-state index contributed by atoms with van der Waals surface area (Å²) in [5, 5.41) is 3.34. The van der Waals surface area contributed by atoms with E-state index in [9.17, 15) is 0 Å². The number of aryl methyl sites for hydroxylation is 1. The van der Waals surface area contributed by atoms with Crippen LogP contribution in [0.4, 0.5) is 0 Å². The predicted molar refractivity (Wildman–Crippen MR) is 72.0 cm³/mol. The number of hydrogen-bond donors (Lipinski definition) is 2. The lowest BCUT2D eigenvalue weighted by atomic mass is 10.5. The van der Waals surface area contributed by atoms with E-state index < -0.39 is 0 Å². The average molecular weight is 262 g/mol. The highest BCUT2D eigenvalue weighted by molar-refractivity contribution is 6.33. The second-order valence-electron chi connectivity index (χ2n) is 3.43. The minimum Gasteiger partial charge on any atom is -0.368 e. The monoisotopic (exact) mass is 261 g/mol. The van der Waals surface area contributed by atoms with Gasteiger partial charge in [-0.3, -0.25) is 0 Å². The van der Waals surface area contributed by atoms with Crippen molar-refractivity contribution in [3.8, 4) is 0 Å². The molecule has 3 rings (SSSR count). The summed E-state index contributed by atoms with van der Waals surface area (Å²) in [7, 11) is 0. The van der Waals surface area contributed by atoms with Gasteiger partial charge in [0.15, 0.2) is 10.8 Å². The van der Waals surface area contributed by atoms with Crippen LogP contribution in [0, 0.1) is 6.92 Å². The van der Waals surface area contributed by atoms with Crippen LogP contribution < -0.4 is 5.32 Å². The van der Waals surface area contributed by atoms with E-state index in [-0.39, 0.29) is 0 Å². The molecule has 6 heteroatoms. The van der Waals surface area contributed by atoms with Gasteiger partial charge < -0.3 is 10.3 Å². The molecule has 3 heterocycles. The molecule has 1 aliphatic heterocycles. The minimum atomic E-state index is 0.421. The number of halogens is 1. The van der Waals surface area contributed by atoms with Gasteiger partial charge in [0.1, 0.15) is 11.3 Å². The summed E-state index contributed by atoms with van der Waals surface area (Å²) in [6.07, 6.45) is 13.1. The zero-order valence-electron chi connectivity index (χ0n) is 9.76. The summed E-state index contributed by atoms with van der Waals surface area (Å²) in [6, 6.07) is 0. The Bertz CT molecular complexity index is 598. The first kappa shape index (κ1) is 12.3. The van der Waals surface area contributed by atoms with Crippen molar-refractivity contribution in [2.75, 3.05) is 0 Å². The number of nitrogens with one attached hydrogen (secondary N) is 2. The van der Waals surface area contributed by atoms with E-state index in [0.29, 0.717) is 22.1 Å². The Hall–Kier alpha value is -2.14. The maximum atomic E-state index is 5.78. The molecule has 0 saturated carbocycles. The number of hydrogen-bond acceptors (Lipinski definition) is 4. The van der Waals surface area contributed by atoms with Crippen molar-refractivity contribution in [3.05, 3.63) is 54.0 Å². The van der Waals surface area contributed by atoms with Crippen molar-refractivity contribution in [3.63, 3.8) is 0 Å². The van der Waals surface area contributed by atoms with Crippen molar-refractivity contribution in [1.82, 2.24) is 25.3 Å². The number of H-pyrrole nitrogens is 1. The van der Waals surface area contributed by atoms with Gasteiger partial charge in [-0.1, -0.05) is 23.8 Å². The van der Waals surface area contributed by atoms with Gasteiger partial charge in [-0.2, -0.15) is 0 Å². The largest absolute Gasteiger partial charge is 0.368 e. The van der Waals surface area contributed by atoms with E-state index in [2.05, 4.69) is 25.3 Å². The van der Waals surface area contributed by atoms with Gasteiger partial charge in [-0.25, -0.2) is 15.0 Å². The van der Waals surface area contributed by atoms with Crippen LogP contribution in [0.3, 0.4) is 0 Å². The molecule has 0 unspecified atom stereocenters. The topological polar surface area (TPSA) is 66.5 Å². The second kappa shape index (κ2) is 5.97. The maximum absolute atomic E-state index is 5.78. The van der Waals surface area contributed by atoms with Crippen LogP contribution in [0.15, 0.2) is 43.0 Å². The van der Waals surface area contributed by atoms with Crippen molar-refractivity contribution in [1.29, 1.82) is 0 Å². The molecule has 18 heavy (non-hydrogen) atoms. The first-order valence-corrected chi connectivity index (χ1v) is 5.73. The fourth-order valence-corrected chi connectivity index (χ4v) is 1.57. The lowest BCUT2D eigenvalue weighted by Gasteiger charge is -1.92. The normalized spacial score (nSPS) is 12.8. The second-order valence-corrected chi connectivity index (χ2v) is 3.79. The Kier molecular flexibility index (Phi) is 4.09. The minimum absolute atomic E-state index is 0.421. The Morgan fingerprint density at radius 2 is 1.78 bits per heavy atom. The molecule has 1 aliphatic rings. The van der Waals surface area contributed by atoms with Crippen LogP contribution in [0.25, 0.3) is 11.2 Å². The van der Waals surface area contributed by atoms with Crippen molar-refractivity contribution < 1.29 is 0 Å². The van der Waals surface area contributed by atoms with E-state index in [1.54, 1.807) is 13.3 Å². The van der Waals surface area contributed by atoms with Crippen LogP contribution in [0.2, 0.25) is 5.15 Å². The molecular weight excluding hydrogens is 250 g/mol. The molecule has 0 aliphatic carbocycles.